The summed E-state index contributed by atoms with van der Waals surface area (Å²) in [6.45, 7) is 5.07. The molecule has 1 atom stereocenters. The molecule has 0 amide bonds. The first-order valence-corrected chi connectivity index (χ1v) is 8.54. The Morgan fingerprint density at radius 1 is 1.39 bits per heavy atom. The molecule has 2 rings (SSSR count). The Hall–Kier alpha value is -1.93. The number of rotatable bonds is 6. The van der Waals surface area contributed by atoms with Crippen LogP contribution < -0.4 is 4.72 Å². The van der Waals surface area contributed by atoms with Crippen molar-refractivity contribution < 1.29 is 27.1 Å². The average Bonchev–Trinajstić information content (AvgIpc) is 2.75. The molecule has 0 fully saturated rings. The fourth-order valence-electron chi connectivity index (χ4n) is 2.34. The zero-order chi connectivity index (χ0) is 17.4. The number of aliphatic carboxylic acids is 1. The van der Waals surface area contributed by atoms with E-state index in [1.807, 2.05) is 0 Å². The van der Waals surface area contributed by atoms with Gasteiger partial charge < -0.3 is 9.52 Å². The zero-order valence-electron chi connectivity index (χ0n) is 13.0. The molecule has 1 unspecified atom stereocenters. The minimum atomic E-state index is -4.18. The monoisotopic (exact) mass is 343 g/mol. The Morgan fingerprint density at radius 2 is 2.04 bits per heavy atom. The van der Waals surface area contributed by atoms with Crippen LogP contribution in [0.5, 0.6) is 0 Å². The van der Waals surface area contributed by atoms with Crippen molar-refractivity contribution in [1.29, 1.82) is 0 Å². The molecule has 0 spiro atoms. The molecule has 0 aliphatic carbocycles. The molecule has 1 aromatic heterocycles. The lowest BCUT2D eigenvalue weighted by Gasteiger charge is -2.15. The van der Waals surface area contributed by atoms with Crippen molar-refractivity contribution in [1.82, 2.24) is 4.72 Å². The molecule has 0 radical (unpaired) electrons. The maximum atomic E-state index is 13.3. The molecule has 1 heterocycles. The SMILES string of the molecule is Cc1c(S(=O)(=O)NC(CC(C)C)C(=O)O)oc2ccc(F)cc12. The molecular weight excluding hydrogens is 325 g/mol. The fourth-order valence-corrected chi connectivity index (χ4v) is 3.73. The van der Waals surface area contributed by atoms with Gasteiger partial charge in [0.25, 0.3) is 10.0 Å². The van der Waals surface area contributed by atoms with Gasteiger partial charge in [-0.05, 0) is 37.5 Å². The summed E-state index contributed by atoms with van der Waals surface area (Å²) in [5.41, 5.74) is 0.459. The summed E-state index contributed by atoms with van der Waals surface area (Å²) in [5.74, 6) is -1.78. The van der Waals surface area contributed by atoms with Gasteiger partial charge in [0.15, 0.2) is 0 Å². The minimum Gasteiger partial charge on any atom is -0.480 e. The van der Waals surface area contributed by atoms with E-state index < -0.39 is 32.9 Å². The number of carboxylic acid groups (broad SMARTS) is 1. The van der Waals surface area contributed by atoms with Crippen LogP contribution in [0.4, 0.5) is 4.39 Å². The van der Waals surface area contributed by atoms with E-state index in [0.717, 1.165) is 6.07 Å². The zero-order valence-corrected chi connectivity index (χ0v) is 13.8. The highest BCUT2D eigenvalue weighted by molar-refractivity contribution is 7.89. The van der Waals surface area contributed by atoms with Gasteiger partial charge in [0.1, 0.15) is 17.4 Å². The van der Waals surface area contributed by atoms with Gasteiger partial charge in [0, 0.05) is 10.9 Å². The summed E-state index contributed by atoms with van der Waals surface area (Å²) < 4.78 is 45.6. The van der Waals surface area contributed by atoms with Crippen LogP contribution >= 0.6 is 0 Å². The second-order valence-electron chi connectivity index (χ2n) is 5.80. The topological polar surface area (TPSA) is 96.6 Å². The molecule has 6 nitrogen and oxygen atoms in total. The summed E-state index contributed by atoms with van der Waals surface area (Å²) in [6, 6.07) is 2.41. The highest BCUT2D eigenvalue weighted by Crippen LogP contribution is 2.29. The first kappa shape index (κ1) is 17.4. The van der Waals surface area contributed by atoms with Crippen molar-refractivity contribution >= 4 is 27.0 Å². The molecule has 1 aromatic carbocycles. The lowest BCUT2D eigenvalue weighted by molar-refractivity contribution is -0.139. The summed E-state index contributed by atoms with van der Waals surface area (Å²) in [4.78, 5) is 11.2. The van der Waals surface area contributed by atoms with Crippen LogP contribution in [0.1, 0.15) is 25.8 Å². The molecule has 23 heavy (non-hydrogen) atoms. The molecule has 0 aliphatic heterocycles. The number of carboxylic acids is 1. The number of sulfonamides is 1. The van der Waals surface area contributed by atoms with Gasteiger partial charge in [0.2, 0.25) is 5.09 Å². The van der Waals surface area contributed by atoms with E-state index in [1.54, 1.807) is 13.8 Å². The quantitative estimate of drug-likeness (QED) is 0.840. The van der Waals surface area contributed by atoms with Gasteiger partial charge in [-0.1, -0.05) is 13.8 Å². The molecule has 126 valence electrons. The van der Waals surface area contributed by atoms with Crippen molar-refractivity contribution in [2.75, 3.05) is 0 Å². The Kier molecular flexibility index (Phi) is 4.76. The van der Waals surface area contributed by atoms with E-state index in [9.17, 15) is 22.7 Å². The largest absolute Gasteiger partial charge is 0.480 e. The molecule has 0 saturated carbocycles. The number of carbonyl (C=O) groups is 1. The van der Waals surface area contributed by atoms with Crippen molar-refractivity contribution in [3.8, 4) is 0 Å². The lowest BCUT2D eigenvalue weighted by Crippen LogP contribution is -2.41. The van der Waals surface area contributed by atoms with Crippen LogP contribution in [-0.2, 0) is 14.8 Å². The summed E-state index contributed by atoms with van der Waals surface area (Å²) in [7, 11) is -4.18. The van der Waals surface area contributed by atoms with Gasteiger partial charge in [-0.25, -0.2) is 12.8 Å². The van der Waals surface area contributed by atoms with Crippen LogP contribution in [0.3, 0.4) is 0 Å². The van der Waals surface area contributed by atoms with Crippen LogP contribution in [0.2, 0.25) is 0 Å². The molecule has 2 aromatic rings. The molecular formula is C15H18FNO5S. The average molecular weight is 343 g/mol. The number of fused-ring (bicyclic) bond motifs is 1. The Balaban J connectivity index is 2.43. The van der Waals surface area contributed by atoms with Crippen LogP contribution in [0, 0.1) is 18.7 Å². The first-order valence-electron chi connectivity index (χ1n) is 7.05. The smallest absolute Gasteiger partial charge is 0.321 e. The van der Waals surface area contributed by atoms with E-state index in [2.05, 4.69) is 4.72 Å². The first-order chi connectivity index (χ1) is 10.6. The number of furan rings is 1. The summed E-state index contributed by atoms with van der Waals surface area (Å²) in [5, 5.41) is 9.11. The summed E-state index contributed by atoms with van der Waals surface area (Å²) in [6.07, 6.45) is 0.141. The molecule has 0 aliphatic rings. The molecule has 8 heteroatoms. The number of aryl methyl sites for hydroxylation is 1. The van der Waals surface area contributed by atoms with Crippen molar-refractivity contribution in [3.63, 3.8) is 0 Å². The number of hydrogen-bond donors (Lipinski definition) is 2. The van der Waals surface area contributed by atoms with Crippen molar-refractivity contribution in [2.45, 2.75) is 38.3 Å². The van der Waals surface area contributed by atoms with Gasteiger partial charge in [-0.15, -0.1) is 0 Å². The normalized spacial score (nSPS) is 13.6. The molecule has 2 N–H and O–H groups in total. The van der Waals surface area contributed by atoms with Crippen molar-refractivity contribution in [3.05, 3.63) is 29.6 Å². The lowest BCUT2D eigenvalue weighted by atomic mass is 10.1. The second-order valence-corrected chi connectivity index (χ2v) is 7.41. The third-order valence-corrected chi connectivity index (χ3v) is 4.87. The van der Waals surface area contributed by atoms with E-state index in [4.69, 9.17) is 4.42 Å². The fraction of sp³-hybridized carbons (Fsp3) is 0.400. The van der Waals surface area contributed by atoms with E-state index in [1.165, 1.54) is 19.1 Å². The highest BCUT2D eigenvalue weighted by atomic mass is 32.2. The Labute approximate surface area is 133 Å². The maximum Gasteiger partial charge on any atom is 0.321 e. The number of benzene rings is 1. The van der Waals surface area contributed by atoms with Crippen LogP contribution in [-0.4, -0.2) is 25.5 Å². The van der Waals surface area contributed by atoms with Gasteiger partial charge in [-0.2, -0.15) is 4.72 Å². The Bertz CT molecular complexity index is 841. The predicted octanol–water partition coefficient (Wildman–Crippen LogP) is 2.66. The molecule has 0 saturated heterocycles. The standard InChI is InChI=1S/C15H18FNO5S/c1-8(2)6-12(14(18)19)17-23(20,21)15-9(3)11-7-10(16)4-5-13(11)22-15/h4-5,7-8,12,17H,6H2,1-3H3,(H,18,19). The van der Waals surface area contributed by atoms with Crippen LogP contribution in [0.25, 0.3) is 11.0 Å². The highest BCUT2D eigenvalue weighted by Gasteiger charge is 2.30. The van der Waals surface area contributed by atoms with E-state index >= 15 is 0 Å². The number of halogens is 1. The third-order valence-electron chi connectivity index (χ3n) is 3.40. The van der Waals surface area contributed by atoms with Gasteiger partial charge in [-0.3, -0.25) is 4.79 Å². The Morgan fingerprint density at radius 3 is 2.61 bits per heavy atom. The van der Waals surface area contributed by atoms with Crippen molar-refractivity contribution in [2.24, 2.45) is 5.92 Å². The minimum absolute atomic E-state index is 0.00957. The third kappa shape index (κ3) is 3.70. The summed E-state index contributed by atoms with van der Waals surface area (Å²) >= 11 is 0. The maximum absolute atomic E-state index is 13.3. The van der Waals surface area contributed by atoms with E-state index in [-0.39, 0.29) is 23.5 Å². The van der Waals surface area contributed by atoms with Gasteiger partial charge in [0.05, 0.1) is 0 Å². The second kappa shape index (κ2) is 6.29. The number of nitrogens with one attached hydrogen (secondary N) is 1. The van der Waals surface area contributed by atoms with Gasteiger partial charge >= 0.3 is 5.97 Å². The van der Waals surface area contributed by atoms with E-state index in [0.29, 0.717) is 5.39 Å². The number of hydrogen-bond acceptors (Lipinski definition) is 4. The van der Waals surface area contributed by atoms with Crippen LogP contribution in [0.15, 0.2) is 27.7 Å². The predicted molar refractivity (Wildman–Crippen MR) is 82.1 cm³/mol. The molecule has 0 bridgehead atoms.